The number of allylic oxidation sites excluding steroid dienone is 1. The molecule has 0 radical (unpaired) electrons. The van der Waals surface area contributed by atoms with Gasteiger partial charge in [0.2, 0.25) is 11.8 Å². The fourth-order valence-electron chi connectivity index (χ4n) is 4.02. The number of hydrogen-bond donors (Lipinski definition) is 3. The molecule has 1 aromatic rings. The average molecular weight is 584 g/mol. The first-order valence-electron chi connectivity index (χ1n) is 12.0. The van der Waals surface area contributed by atoms with Gasteiger partial charge in [-0.2, -0.15) is 0 Å². The van der Waals surface area contributed by atoms with Crippen LogP contribution in [-0.2, 0) is 9.59 Å². The molecule has 0 aromatic heterocycles. The molecule has 1 aromatic carbocycles. The third kappa shape index (κ3) is 8.39. The molecule has 0 bridgehead atoms. The van der Waals surface area contributed by atoms with Gasteiger partial charge < -0.3 is 25.2 Å². The van der Waals surface area contributed by atoms with Crippen molar-refractivity contribution in [2.24, 2.45) is 0 Å². The number of rotatable bonds is 14. The van der Waals surface area contributed by atoms with E-state index in [0.29, 0.717) is 30.7 Å². The van der Waals surface area contributed by atoms with Gasteiger partial charge in [-0.25, -0.2) is 0 Å². The topological polar surface area (TPSA) is 99.1 Å². The molecule has 3 N–H and O–H groups in total. The first-order valence-corrected chi connectivity index (χ1v) is 13.1. The lowest BCUT2D eigenvalue weighted by Gasteiger charge is -2.40. The third-order valence-electron chi connectivity index (χ3n) is 5.85. The van der Waals surface area contributed by atoms with E-state index < -0.39 is 18.2 Å². The first-order chi connectivity index (χ1) is 16.4. The van der Waals surface area contributed by atoms with Crippen LogP contribution in [0.2, 0.25) is 0 Å². The monoisotopic (exact) mass is 584 g/mol. The van der Waals surface area contributed by atoms with Gasteiger partial charge in [-0.3, -0.25) is 9.59 Å². The lowest BCUT2D eigenvalue weighted by Crippen LogP contribution is -2.55. The summed E-state index contributed by atoms with van der Waals surface area (Å²) in [7, 11) is 0. The molecule has 0 aliphatic heterocycles. The lowest BCUT2D eigenvalue weighted by atomic mass is 9.87. The normalized spacial score (nSPS) is 19.8. The van der Waals surface area contributed by atoms with E-state index in [1.54, 1.807) is 17.1 Å². The number of nitrogens with one attached hydrogen (secondary N) is 1. The van der Waals surface area contributed by atoms with Gasteiger partial charge in [-0.05, 0) is 53.6 Å². The zero-order valence-corrected chi connectivity index (χ0v) is 22.1. The summed E-state index contributed by atoms with van der Waals surface area (Å²) in [4.78, 5) is 27.7. The van der Waals surface area contributed by atoms with Crippen molar-refractivity contribution in [1.82, 2.24) is 10.2 Å². The molecule has 0 saturated heterocycles. The van der Waals surface area contributed by atoms with E-state index >= 15 is 0 Å². The number of benzene rings is 1. The minimum atomic E-state index is -0.996. The molecule has 3 unspecified atom stereocenters. The van der Waals surface area contributed by atoms with E-state index in [9.17, 15) is 14.7 Å². The van der Waals surface area contributed by atoms with Gasteiger partial charge in [0.1, 0.15) is 18.0 Å². The predicted octanol–water partition coefficient (Wildman–Crippen LogP) is 3.58. The molecule has 8 heteroatoms. The summed E-state index contributed by atoms with van der Waals surface area (Å²) in [5.41, 5.74) is 0.440. The summed E-state index contributed by atoms with van der Waals surface area (Å²) in [5, 5.41) is 23.1. The molecule has 2 rings (SSSR count). The predicted molar refractivity (Wildman–Crippen MR) is 141 cm³/mol. The summed E-state index contributed by atoms with van der Waals surface area (Å²) in [5.74, 6) is 0.212. The molecule has 0 heterocycles. The Labute approximate surface area is 216 Å². The van der Waals surface area contributed by atoms with Crippen LogP contribution in [0.4, 0.5) is 0 Å². The number of halogens is 1. The number of unbranched alkanes of at least 4 members (excludes halogenated alkanes) is 3. The molecule has 0 saturated carbocycles. The largest absolute Gasteiger partial charge is 0.482 e. The number of carbonyl (C=O) groups is 2. The fourth-order valence-corrected chi connectivity index (χ4v) is 4.53. The number of nitrogens with zero attached hydrogens (tertiary/aromatic N) is 1. The molecule has 0 fully saturated rings. The summed E-state index contributed by atoms with van der Waals surface area (Å²) >= 11 is 2.16. The number of aliphatic hydroxyl groups is 2. The van der Waals surface area contributed by atoms with Gasteiger partial charge >= 0.3 is 0 Å². The van der Waals surface area contributed by atoms with Crippen LogP contribution in [0.1, 0.15) is 51.9 Å². The highest BCUT2D eigenvalue weighted by Crippen LogP contribution is 2.30. The maximum absolute atomic E-state index is 13.2. The summed E-state index contributed by atoms with van der Waals surface area (Å²) < 4.78 is 7.03. The summed E-state index contributed by atoms with van der Waals surface area (Å²) in [6.07, 6.45) is 6.61. The van der Waals surface area contributed by atoms with Crippen LogP contribution in [0.3, 0.4) is 0 Å². The Morgan fingerprint density at radius 1 is 1.29 bits per heavy atom. The lowest BCUT2D eigenvalue weighted by molar-refractivity contribution is -0.138. The summed E-state index contributed by atoms with van der Waals surface area (Å²) in [6.45, 7) is 6.32. The van der Waals surface area contributed by atoms with Gasteiger partial charge in [0, 0.05) is 31.5 Å². The smallest absolute Gasteiger partial charge is 0.247 e. The Hall–Kier alpha value is -1.91. The molecule has 1 aliphatic rings. The van der Waals surface area contributed by atoms with Crippen molar-refractivity contribution in [3.63, 3.8) is 0 Å². The number of para-hydroxylation sites is 1. The van der Waals surface area contributed by atoms with Crippen molar-refractivity contribution in [2.75, 3.05) is 19.7 Å². The van der Waals surface area contributed by atoms with Gasteiger partial charge in [-0.15, -0.1) is 6.58 Å². The number of hydrogen-bond acceptors (Lipinski definition) is 5. The second-order valence-corrected chi connectivity index (χ2v) is 9.58. The quantitative estimate of drug-likeness (QED) is 0.177. The van der Waals surface area contributed by atoms with Gasteiger partial charge in [-0.1, -0.05) is 44.4 Å². The molecule has 7 nitrogen and oxygen atoms in total. The maximum atomic E-state index is 13.2. The van der Waals surface area contributed by atoms with Crippen LogP contribution in [0.5, 0.6) is 5.75 Å². The van der Waals surface area contributed by atoms with Crippen molar-refractivity contribution < 1.29 is 24.5 Å². The Bertz CT molecular complexity index is 844. The van der Waals surface area contributed by atoms with Crippen LogP contribution in [0, 0.1) is 3.57 Å². The van der Waals surface area contributed by atoms with Crippen molar-refractivity contribution >= 4 is 34.4 Å². The van der Waals surface area contributed by atoms with E-state index in [4.69, 9.17) is 9.84 Å². The van der Waals surface area contributed by atoms with Crippen molar-refractivity contribution in [2.45, 2.75) is 70.1 Å². The Morgan fingerprint density at radius 3 is 2.74 bits per heavy atom. The van der Waals surface area contributed by atoms with Crippen LogP contribution in [0.25, 0.3) is 0 Å². The molecule has 34 heavy (non-hydrogen) atoms. The molecule has 1 aliphatic carbocycles. The van der Waals surface area contributed by atoms with Crippen LogP contribution < -0.4 is 10.1 Å². The van der Waals surface area contributed by atoms with E-state index in [2.05, 4.69) is 41.4 Å². The minimum absolute atomic E-state index is 0.0643. The summed E-state index contributed by atoms with van der Waals surface area (Å²) in [6, 6.07) is 6.87. The zero-order valence-electron chi connectivity index (χ0n) is 19.9. The van der Waals surface area contributed by atoms with E-state index in [0.717, 1.165) is 29.3 Å². The van der Waals surface area contributed by atoms with E-state index in [1.807, 2.05) is 24.3 Å². The molecular weight excluding hydrogens is 547 g/mol. The van der Waals surface area contributed by atoms with Crippen molar-refractivity contribution in [1.29, 1.82) is 0 Å². The third-order valence-corrected chi connectivity index (χ3v) is 6.74. The highest BCUT2D eigenvalue weighted by atomic mass is 127. The maximum Gasteiger partial charge on any atom is 0.247 e. The minimum Gasteiger partial charge on any atom is -0.482 e. The number of amides is 2. The number of aliphatic hydroxyl groups excluding tert-OH is 2. The zero-order chi connectivity index (χ0) is 24.9. The van der Waals surface area contributed by atoms with Gasteiger partial charge in [0.15, 0.2) is 0 Å². The standard InChI is InChI=1S/C26H37IN2O5/c1-3-5-7-10-15-29(24(31)13-6-4-2)21-17-19(26(33)28-14-16-30)18-23(25(21)32)34-22-12-9-8-11-20(22)27/h4,8-9,11-12,18,21,23,25,30,32H,2-3,5-7,10,13-17H2,1H3,(H,28,33). The van der Waals surface area contributed by atoms with Gasteiger partial charge in [0.05, 0.1) is 16.2 Å². The molecule has 2 amide bonds. The molecular formula is C26H37IN2O5. The highest BCUT2D eigenvalue weighted by Gasteiger charge is 2.40. The van der Waals surface area contributed by atoms with E-state index in [-0.39, 0.29) is 31.4 Å². The molecule has 3 atom stereocenters. The van der Waals surface area contributed by atoms with Crippen molar-refractivity contribution in [3.8, 4) is 5.75 Å². The van der Waals surface area contributed by atoms with Crippen LogP contribution in [-0.4, -0.2) is 64.9 Å². The Balaban J connectivity index is 2.34. The second kappa shape index (κ2) is 15.2. The second-order valence-electron chi connectivity index (χ2n) is 8.42. The first kappa shape index (κ1) is 28.3. The fraction of sp³-hybridized carbons (Fsp3) is 0.538. The average Bonchev–Trinajstić information content (AvgIpc) is 2.84. The molecule has 0 spiro atoms. The molecule has 188 valence electrons. The van der Waals surface area contributed by atoms with Crippen LogP contribution in [0.15, 0.2) is 48.6 Å². The van der Waals surface area contributed by atoms with Crippen LogP contribution >= 0.6 is 22.6 Å². The SMILES string of the molecule is C=CCCC(=O)N(CCCCCC)C1CC(C(=O)NCCO)=CC(Oc2ccccc2I)C1O. The van der Waals surface area contributed by atoms with E-state index in [1.165, 1.54) is 0 Å². The van der Waals surface area contributed by atoms with Gasteiger partial charge in [0.25, 0.3) is 0 Å². The highest BCUT2D eigenvalue weighted by molar-refractivity contribution is 14.1. The van der Waals surface area contributed by atoms with Crippen molar-refractivity contribution in [3.05, 3.63) is 52.1 Å². The number of carbonyl (C=O) groups excluding carboxylic acids is 2. The Kier molecular flexibility index (Phi) is 12.6. The number of ether oxygens (including phenoxy) is 1. The Morgan fingerprint density at radius 2 is 2.06 bits per heavy atom.